The van der Waals surface area contributed by atoms with Gasteiger partial charge in [-0.2, -0.15) is 0 Å². The van der Waals surface area contributed by atoms with Gasteiger partial charge in [-0.3, -0.25) is 4.79 Å². The monoisotopic (exact) mass is 330 g/mol. The summed E-state index contributed by atoms with van der Waals surface area (Å²) in [5.41, 5.74) is 0.624. The van der Waals surface area contributed by atoms with Gasteiger partial charge in [0.2, 0.25) is 0 Å². The molecule has 0 atom stereocenters. The Morgan fingerprint density at radius 1 is 1.15 bits per heavy atom. The predicted molar refractivity (Wildman–Crippen MR) is 79.3 cm³/mol. The number of amides is 1. The normalized spacial score (nSPS) is 10.7. The van der Waals surface area contributed by atoms with Crippen LogP contribution in [-0.2, 0) is 6.54 Å². The number of benzene rings is 2. The number of nitrogens with zero attached hydrogens (tertiary/aromatic N) is 1. The van der Waals surface area contributed by atoms with Crippen molar-refractivity contribution in [1.29, 1.82) is 0 Å². The van der Waals surface area contributed by atoms with Gasteiger partial charge in [-0.05, 0) is 35.0 Å². The molecule has 3 rings (SSSR count). The molecule has 0 spiro atoms. The van der Waals surface area contributed by atoms with Gasteiger partial charge in [0.15, 0.2) is 5.76 Å². The van der Waals surface area contributed by atoms with Crippen molar-refractivity contribution in [1.82, 2.24) is 10.5 Å². The van der Waals surface area contributed by atoms with E-state index in [9.17, 15) is 4.79 Å². The largest absolute Gasteiger partial charge is 0.360 e. The van der Waals surface area contributed by atoms with Crippen molar-refractivity contribution >= 4 is 32.6 Å². The third kappa shape index (κ3) is 2.72. The third-order valence-corrected chi connectivity index (χ3v) is 3.47. The van der Waals surface area contributed by atoms with Gasteiger partial charge >= 0.3 is 0 Å². The topological polar surface area (TPSA) is 55.1 Å². The fraction of sp³-hybridized carbons (Fsp3) is 0.0667. The van der Waals surface area contributed by atoms with E-state index in [1.165, 1.54) is 0 Å². The van der Waals surface area contributed by atoms with Crippen LogP contribution in [-0.4, -0.2) is 11.1 Å². The lowest BCUT2D eigenvalue weighted by Gasteiger charge is -2.05. The summed E-state index contributed by atoms with van der Waals surface area (Å²) in [6.45, 7) is 0.331. The van der Waals surface area contributed by atoms with Crippen LogP contribution in [0.1, 0.15) is 16.1 Å². The highest BCUT2D eigenvalue weighted by atomic mass is 79.9. The van der Waals surface area contributed by atoms with Crippen LogP contribution in [0.2, 0.25) is 0 Å². The van der Waals surface area contributed by atoms with Crippen LogP contribution < -0.4 is 5.32 Å². The second kappa shape index (κ2) is 5.46. The van der Waals surface area contributed by atoms with Crippen LogP contribution >= 0.6 is 15.9 Å². The number of hydrogen-bond donors (Lipinski definition) is 1. The summed E-state index contributed by atoms with van der Waals surface area (Å²) in [5.74, 6) is 0.495. The third-order valence-electron chi connectivity index (χ3n) is 2.98. The number of fused-ring (bicyclic) bond motifs is 1. The first-order valence-electron chi connectivity index (χ1n) is 6.09. The molecule has 0 saturated heterocycles. The van der Waals surface area contributed by atoms with Crippen LogP contribution in [0.5, 0.6) is 0 Å². The average molecular weight is 331 g/mol. The Hall–Kier alpha value is -2.14. The molecule has 1 amide bonds. The van der Waals surface area contributed by atoms with E-state index in [1.54, 1.807) is 12.3 Å². The van der Waals surface area contributed by atoms with E-state index in [1.807, 2.05) is 36.4 Å². The minimum atomic E-state index is -0.133. The fourth-order valence-electron chi connectivity index (χ4n) is 1.96. The van der Waals surface area contributed by atoms with Crippen LogP contribution in [0, 0.1) is 0 Å². The Morgan fingerprint density at radius 2 is 1.95 bits per heavy atom. The van der Waals surface area contributed by atoms with Gasteiger partial charge in [0.05, 0.1) is 12.7 Å². The maximum Gasteiger partial charge on any atom is 0.251 e. The molecule has 3 aromatic rings. The molecule has 1 N–H and O–H groups in total. The van der Waals surface area contributed by atoms with Crippen molar-refractivity contribution in [3.8, 4) is 0 Å². The van der Waals surface area contributed by atoms with E-state index < -0.39 is 0 Å². The quantitative estimate of drug-likeness (QED) is 0.799. The molecule has 0 fully saturated rings. The maximum absolute atomic E-state index is 12.1. The molecule has 0 aliphatic carbocycles. The number of aromatic nitrogens is 1. The number of halogens is 1. The molecular weight excluding hydrogens is 320 g/mol. The Kier molecular flexibility index (Phi) is 3.52. The van der Waals surface area contributed by atoms with Crippen LogP contribution in [0.3, 0.4) is 0 Å². The van der Waals surface area contributed by atoms with E-state index in [4.69, 9.17) is 4.52 Å². The summed E-state index contributed by atoms with van der Waals surface area (Å²) in [7, 11) is 0. The molecule has 0 unspecified atom stereocenters. The molecular formula is C15H11BrN2O2. The van der Waals surface area contributed by atoms with Crippen molar-refractivity contribution < 1.29 is 9.32 Å². The summed E-state index contributed by atoms with van der Waals surface area (Å²) < 4.78 is 5.95. The van der Waals surface area contributed by atoms with Crippen LogP contribution in [0.15, 0.2) is 57.7 Å². The van der Waals surface area contributed by atoms with Gasteiger partial charge in [-0.25, -0.2) is 0 Å². The van der Waals surface area contributed by atoms with Crippen molar-refractivity contribution in [2.45, 2.75) is 6.54 Å². The van der Waals surface area contributed by atoms with E-state index >= 15 is 0 Å². The number of hydrogen-bond acceptors (Lipinski definition) is 3. The van der Waals surface area contributed by atoms with Gasteiger partial charge in [0.25, 0.3) is 5.91 Å². The lowest BCUT2D eigenvalue weighted by atomic mass is 10.1. The minimum absolute atomic E-state index is 0.133. The first-order valence-corrected chi connectivity index (χ1v) is 6.89. The second-order valence-electron chi connectivity index (χ2n) is 4.37. The number of carbonyl (C=O) groups is 1. The zero-order chi connectivity index (χ0) is 13.9. The SMILES string of the molecule is O=C(NCc1ccno1)c1ccc2cc(Br)ccc2c1. The molecule has 20 heavy (non-hydrogen) atoms. The van der Waals surface area contributed by atoms with Gasteiger partial charge in [0, 0.05) is 16.1 Å². The zero-order valence-electron chi connectivity index (χ0n) is 10.5. The Bertz CT molecular complexity index is 754. The summed E-state index contributed by atoms with van der Waals surface area (Å²) in [4.78, 5) is 12.1. The molecule has 5 heteroatoms. The van der Waals surface area contributed by atoms with E-state index in [0.717, 1.165) is 15.2 Å². The van der Waals surface area contributed by atoms with Gasteiger partial charge < -0.3 is 9.84 Å². The van der Waals surface area contributed by atoms with E-state index in [-0.39, 0.29) is 5.91 Å². The van der Waals surface area contributed by atoms with Crippen LogP contribution in [0.25, 0.3) is 10.8 Å². The van der Waals surface area contributed by atoms with Gasteiger partial charge in [0.1, 0.15) is 0 Å². The summed E-state index contributed by atoms with van der Waals surface area (Å²) in [6.07, 6.45) is 1.55. The Labute approximate surface area is 123 Å². The molecule has 100 valence electrons. The highest BCUT2D eigenvalue weighted by Crippen LogP contribution is 2.21. The molecule has 0 bridgehead atoms. The van der Waals surface area contributed by atoms with E-state index in [2.05, 4.69) is 26.4 Å². The molecule has 2 aromatic carbocycles. The highest BCUT2D eigenvalue weighted by Gasteiger charge is 2.07. The predicted octanol–water partition coefficient (Wildman–Crippen LogP) is 3.52. The molecule has 1 heterocycles. The molecule has 4 nitrogen and oxygen atoms in total. The molecule has 0 aliphatic rings. The van der Waals surface area contributed by atoms with E-state index in [0.29, 0.717) is 17.9 Å². The maximum atomic E-state index is 12.1. The van der Waals surface area contributed by atoms with Crippen LogP contribution in [0.4, 0.5) is 0 Å². The number of nitrogens with one attached hydrogen (secondary N) is 1. The highest BCUT2D eigenvalue weighted by molar-refractivity contribution is 9.10. The van der Waals surface area contributed by atoms with Crippen molar-refractivity contribution in [3.05, 3.63) is 64.5 Å². The summed E-state index contributed by atoms with van der Waals surface area (Å²) in [5, 5.41) is 8.50. The molecule has 1 aromatic heterocycles. The average Bonchev–Trinajstić information content (AvgIpc) is 2.97. The first kappa shape index (κ1) is 12.9. The molecule has 0 radical (unpaired) electrons. The molecule has 0 saturated carbocycles. The van der Waals surface area contributed by atoms with Gasteiger partial charge in [-0.15, -0.1) is 0 Å². The fourth-order valence-corrected chi connectivity index (χ4v) is 2.34. The van der Waals surface area contributed by atoms with Gasteiger partial charge in [-0.1, -0.05) is 33.2 Å². The Balaban J connectivity index is 1.79. The lowest BCUT2D eigenvalue weighted by molar-refractivity contribution is 0.0947. The smallest absolute Gasteiger partial charge is 0.251 e. The van der Waals surface area contributed by atoms with Crippen molar-refractivity contribution in [2.24, 2.45) is 0 Å². The second-order valence-corrected chi connectivity index (χ2v) is 5.28. The number of rotatable bonds is 3. The lowest BCUT2D eigenvalue weighted by Crippen LogP contribution is -2.22. The first-order chi connectivity index (χ1) is 9.72. The minimum Gasteiger partial charge on any atom is -0.360 e. The number of carbonyl (C=O) groups excluding carboxylic acids is 1. The standard InChI is InChI=1S/C15H11BrN2O2/c16-13-4-3-10-7-12(2-1-11(10)8-13)15(19)17-9-14-5-6-18-20-14/h1-8H,9H2,(H,17,19). The Morgan fingerprint density at radius 3 is 2.75 bits per heavy atom. The zero-order valence-corrected chi connectivity index (χ0v) is 12.1. The van der Waals surface area contributed by atoms with Crippen molar-refractivity contribution in [2.75, 3.05) is 0 Å². The summed E-state index contributed by atoms with van der Waals surface area (Å²) >= 11 is 3.43. The molecule has 0 aliphatic heterocycles. The van der Waals surface area contributed by atoms with Crippen molar-refractivity contribution in [3.63, 3.8) is 0 Å². The summed E-state index contributed by atoms with van der Waals surface area (Å²) in [6, 6.07) is 13.3.